The van der Waals surface area contributed by atoms with Gasteiger partial charge in [0.1, 0.15) is 5.82 Å². The van der Waals surface area contributed by atoms with Crippen LogP contribution in [-0.4, -0.2) is 18.5 Å². The summed E-state index contributed by atoms with van der Waals surface area (Å²) in [6.45, 7) is 2.45. The Morgan fingerprint density at radius 3 is 2.67 bits per heavy atom. The molecule has 0 aliphatic carbocycles. The van der Waals surface area contributed by atoms with E-state index in [4.69, 9.17) is 4.74 Å². The fraction of sp³-hybridized carbons (Fsp3) is 0.375. The van der Waals surface area contributed by atoms with Crippen LogP contribution in [-0.2, 0) is 14.3 Å². The topological polar surface area (TPSA) is 55.4 Å². The Bertz CT molecular complexity index is 500. The van der Waals surface area contributed by atoms with Gasteiger partial charge in [0, 0.05) is 12.2 Å². The van der Waals surface area contributed by atoms with Crippen molar-refractivity contribution in [1.29, 1.82) is 0 Å². The molecule has 1 N–H and O–H groups in total. The maximum absolute atomic E-state index is 13.3. The molecule has 0 saturated heterocycles. The number of ether oxygens (including phenoxy) is 1. The van der Waals surface area contributed by atoms with Gasteiger partial charge in [-0.25, -0.2) is 9.18 Å². The summed E-state index contributed by atoms with van der Waals surface area (Å²) in [5.41, 5.74) is 0.0695. The lowest BCUT2D eigenvalue weighted by molar-refractivity contribution is -0.138. The number of halogens is 1. The molecule has 0 bridgehead atoms. The maximum Gasteiger partial charge on any atom is 0.330 e. The van der Waals surface area contributed by atoms with Crippen molar-refractivity contribution in [1.82, 2.24) is 0 Å². The van der Waals surface area contributed by atoms with Crippen LogP contribution in [0.5, 0.6) is 0 Å². The first-order valence-corrected chi connectivity index (χ1v) is 7.04. The standard InChI is InChI=1S/C16H20FNO3/c1-2-3-4-7-12-21-16(20)11-10-15(19)18-14-9-6-5-8-13(14)17/h5-6,8-11H,2-4,7,12H2,1H3,(H,18,19)/b11-10+. The van der Waals surface area contributed by atoms with E-state index in [1.807, 2.05) is 0 Å². The Morgan fingerprint density at radius 1 is 1.19 bits per heavy atom. The van der Waals surface area contributed by atoms with E-state index in [9.17, 15) is 14.0 Å². The van der Waals surface area contributed by atoms with Crippen LogP contribution in [0.25, 0.3) is 0 Å². The lowest BCUT2D eigenvalue weighted by Gasteiger charge is -2.03. The van der Waals surface area contributed by atoms with E-state index in [1.54, 1.807) is 6.07 Å². The average molecular weight is 293 g/mol. The predicted molar refractivity (Wildman–Crippen MR) is 79.3 cm³/mol. The minimum absolute atomic E-state index is 0.0695. The lowest BCUT2D eigenvalue weighted by Crippen LogP contribution is -2.10. The highest BCUT2D eigenvalue weighted by atomic mass is 19.1. The van der Waals surface area contributed by atoms with Gasteiger partial charge >= 0.3 is 5.97 Å². The lowest BCUT2D eigenvalue weighted by atomic mass is 10.2. The zero-order chi connectivity index (χ0) is 15.5. The van der Waals surface area contributed by atoms with Crippen LogP contribution in [0, 0.1) is 5.82 Å². The third-order valence-corrected chi connectivity index (χ3v) is 2.74. The van der Waals surface area contributed by atoms with E-state index < -0.39 is 17.7 Å². The Kier molecular flexibility index (Phi) is 7.79. The van der Waals surface area contributed by atoms with E-state index in [-0.39, 0.29) is 5.69 Å². The molecular weight excluding hydrogens is 273 g/mol. The zero-order valence-corrected chi connectivity index (χ0v) is 12.1. The monoisotopic (exact) mass is 293 g/mol. The molecule has 0 fully saturated rings. The Morgan fingerprint density at radius 2 is 1.95 bits per heavy atom. The number of amides is 1. The van der Waals surface area contributed by atoms with Gasteiger partial charge in [-0.3, -0.25) is 4.79 Å². The van der Waals surface area contributed by atoms with Crippen molar-refractivity contribution in [2.24, 2.45) is 0 Å². The number of carbonyl (C=O) groups is 2. The SMILES string of the molecule is CCCCCCOC(=O)/C=C/C(=O)Nc1ccccc1F. The van der Waals surface area contributed by atoms with Crippen LogP contribution in [0.4, 0.5) is 10.1 Å². The number of unbranched alkanes of at least 4 members (excludes halogenated alkanes) is 3. The number of anilines is 1. The van der Waals surface area contributed by atoms with Gasteiger partial charge in [0.05, 0.1) is 12.3 Å². The molecule has 0 radical (unpaired) electrons. The fourth-order valence-corrected chi connectivity index (χ4v) is 1.63. The Balaban J connectivity index is 2.30. The first-order chi connectivity index (χ1) is 10.1. The molecule has 1 amide bonds. The Hall–Kier alpha value is -2.17. The quantitative estimate of drug-likeness (QED) is 0.454. The highest BCUT2D eigenvalue weighted by Crippen LogP contribution is 2.12. The normalized spacial score (nSPS) is 10.6. The second-order valence-corrected chi connectivity index (χ2v) is 4.53. The van der Waals surface area contributed by atoms with E-state index >= 15 is 0 Å². The first-order valence-electron chi connectivity index (χ1n) is 7.04. The maximum atomic E-state index is 13.3. The zero-order valence-electron chi connectivity index (χ0n) is 12.1. The number of nitrogens with one attached hydrogen (secondary N) is 1. The summed E-state index contributed by atoms with van der Waals surface area (Å²) in [7, 11) is 0. The van der Waals surface area contributed by atoms with Gasteiger partial charge in [-0.05, 0) is 18.6 Å². The summed E-state index contributed by atoms with van der Waals surface area (Å²) >= 11 is 0. The second-order valence-electron chi connectivity index (χ2n) is 4.53. The number of esters is 1. The van der Waals surface area contributed by atoms with Crippen LogP contribution in [0.3, 0.4) is 0 Å². The predicted octanol–water partition coefficient (Wildman–Crippen LogP) is 3.44. The highest BCUT2D eigenvalue weighted by Gasteiger charge is 2.04. The highest BCUT2D eigenvalue weighted by molar-refractivity contribution is 6.02. The number of benzene rings is 1. The van der Waals surface area contributed by atoms with Gasteiger partial charge in [0.15, 0.2) is 0 Å². The molecule has 0 atom stereocenters. The molecule has 0 heterocycles. The molecule has 1 aromatic rings. The Labute approximate surface area is 124 Å². The largest absolute Gasteiger partial charge is 0.463 e. The molecule has 114 valence electrons. The van der Waals surface area contributed by atoms with Crippen molar-refractivity contribution in [3.05, 3.63) is 42.2 Å². The van der Waals surface area contributed by atoms with Crippen molar-refractivity contribution in [3.8, 4) is 0 Å². The minimum atomic E-state index is -0.581. The third-order valence-electron chi connectivity index (χ3n) is 2.74. The number of hydrogen-bond acceptors (Lipinski definition) is 3. The minimum Gasteiger partial charge on any atom is -0.463 e. The van der Waals surface area contributed by atoms with E-state index in [0.29, 0.717) is 6.61 Å². The summed E-state index contributed by atoms with van der Waals surface area (Å²) in [6, 6.07) is 5.81. The number of hydrogen-bond donors (Lipinski definition) is 1. The molecule has 1 rings (SSSR count). The third kappa shape index (κ3) is 7.25. The number of para-hydroxylation sites is 1. The average Bonchev–Trinajstić information content (AvgIpc) is 2.47. The summed E-state index contributed by atoms with van der Waals surface area (Å²) in [5, 5.41) is 2.34. The van der Waals surface area contributed by atoms with Gasteiger partial charge < -0.3 is 10.1 Å². The molecule has 0 saturated carbocycles. The van der Waals surface area contributed by atoms with Crippen LogP contribution in [0.1, 0.15) is 32.6 Å². The van der Waals surface area contributed by atoms with Crippen molar-refractivity contribution in [2.45, 2.75) is 32.6 Å². The molecule has 0 unspecified atom stereocenters. The van der Waals surface area contributed by atoms with Gasteiger partial charge in [0.25, 0.3) is 0 Å². The molecule has 0 aliphatic heterocycles. The molecule has 0 spiro atoms. The molecule has 5 heteroatoms. The van der Waals surface area contributed by atoms with Gasteiger partial charge in [-0.2, -0.15) is 0 Å². The number of carbonyl (C=O) groups excluding carboxylic acids is 2. The van der Waals surface area contributed by atoms with Crippen LogP contribution in [0.2, 0.25) is 0 Å². The molecule has 1 aromatic carbocycles. The molecule has 0 aliphatic rings. The molecular formula is C16H20FNO3. The van der Waals surface area contributed by atoms with E-state index in [2.05, 4.69) is 12.2 Å². The molecule has 0 aromatic heterocycles. The number of rotatable bonds is 8. The summed E-state index contributed by atoms with van der Waals surface area (Å²) < 4.78 is 18.2. The van der Waals surface area contributed by atoms with Gasteiger partial charge in [-0.15, -0.1) is 0 Å². The van der Waals surface area contributed by atoms with Crippen molar-refractivity contribution in [3.63, 3.8) is 0 Å². The van der Waals surface area contributed by atoms with Crippen LogP contribution in [0.15, 0.2) is 36.4 Å². The summed E-state index contributed by atoms with van der Waals surface area (Å²) in [5.74, 6) is -1.68. The van der Waals surface area contributed by atoms with Gasteiger partial charge in [0.2, 0.25) is 5.91 Å². The smallest absolute Gasteiger partial charge is 0.330 e. The van der Waals surface area contributed by atoms with Crippen LogP contribution >= 0.6 is 0 Å². The van der Waals surface area contributed by atoms with Gasteiger partial charge in [-0.1, -0.05) is 38.3 Å². The second kappa shape index (κ2) is 9.69. The van der Waals surface area contributed by atoms with E-state index in [1.165, 1.54) is 18.2 Å². The van der Waals surface area contributed by atoms with E-state index in [0.717, 1.165) is 37.8 Å². The molecule has 21 heavy (non-hydrogen) atoms. The summed E-state index contributed by atoms with van der Waals surface area (Å²) in [4.78, 5) is 22.8. The fourth-order valence-electron chi connectivity index (χ4n) is 1.63. The first kappa shape index (κ1) is 16.9. The van der Waals surface area contributed by atoms with Crippen molar-refractivity contribution < 1.29 is 18.7 Å². The van der Waals surface area contributed by atoms with Crippen LogP contribution < -0.4 is 5.32 Å². The van der Waals surface area contributed by atoms with Crippen molar-refractivity contribution in [2.75, 3.05) is 11.9 Å². The summed E-state index contributed by atoms with van der Waals surface area (Å²) in [6.07, 6.45) is 6.12. The van der Waals surface area contributed by atoms with Crippen molar-refractivity contribution >= 4 is 17.6 Å². The molecule has 4 nitrogen and oxygen atoms in total.